The van der Waals surface area contributed by atoms with Crippen LogP contribution < -0.4 is 9.64 Å². The molecule has 4 nitrogen and oxygen atoms in total. The van der Waals surface area contributed by atoms with Gasteiger partial charge in [0.15, 0.2) is 0 Å². The van der Waals surface area contributed by atoms with Gasteiger partial charge in [-0.25, -0.2) is 4.99 Å². The van der Waals surface area contributed by atoms with E-state index in [0.717, 1.165) is 29.1 Å². The van der Waals surface area contributed by atoms with Gasteiger partial charge in [-0.3, -0.25) is 4.79 Å². The maximum absolute atomic E-state index is 13.5. The van der Waals surface area contributed by atoms with E-state index in [9.17, 15) is 4.79 Å². The van der Waals surface area contributed by atoms with Crippen LogP contribution in [0.2, 0.25) is 0 Å². The normalized spacial score (nSPS) is 21.1. The molecule has 0 saturated heterocycles. The summed E-state index contributed by atoms with van der Waals surface area (Å²) in [6.07, 6.45) is 0.914. The number of rotatable bonds is 4. The quantitative estimate of drug-likeness (QED) is 0.646. The first-order valence-electron chi connectivity index (χ1n) is 10.6. The Balaban J connectivity index is 1.88. The monoisotopic (exact) mass is 390 g/mol. The maximum atomic E-state index is 13.5. The van der Waals surface area contributed by atoms with Crippen LogP contribution in [0.4, 0.5) is 11.4 Å². The van der Waals surface area contributed by atoms with E-state index in [1.54, 1.807) is 0 Å². The highest BCUT2D eigenvalue weighted by molar-refractivity contribution is 6.55. The number of carbonyl (C=O) groups is 1. The third kappa shape index (κ3) is 3.25. The zero-order valence-corrected chi connectivity index (χ0v) is 18.2. The smallest absolute Gasteiger partial charge is 0.278 e. The molecule has 29 heavy (non-hydrogen) atoms. The average Bonchev–Trinajstić information content (AvgIpc) is 2.93. The van der Waals surface area contributed by atoms with Gasteiger partial charge in [0.1, 0.15) is 11.5 Å². The molecule has 0 N–H and O–H groups in total. The number of nitrogens with zero attached hydrogens (tertiary/aromatic N) is 2. The summed E-state index contributed by atoms with van der Waals surface area (Å²) in [7, 11) is 0. The Bertz CT molecular complexity index is 987. The number of benzene rings is 2. The molecule has 0 aliphatic carbocycles. The maximum Gasteiger partial charge on any atom is 0.278 e. The van der Waals surface area contributed by atoms with Crippen molar-refractivity contribution in [1.82, 2.24) is 0 Å². The summed E-state index contributed by atoms with van der Waals surface area (Å²) in [6, 6.07) is 12.3. The average molecular weight is 391 g/mol. The van der Waals surface area contributed by atoms with Crippen LogP contribution in [-0.2, 0) is 4.79 Å². The number of amides is 1. The van der Waals surface area contributed by atoms with Crippen molar-refractivity contribution in [2.45, 2.75) is 65.3 Å². The van der Waals surface area contributed by atoms with Crippen LogP contribution >= 0.6 is 0 Å². The first-order valence-corrected chi connectivity index (χ1v) is 10.6. The number of anilines is 1. The van der Waals surface area contributed by atoms with Crippen LogP contribution in [0, 0.1) is 0 Å². The standard InChI is InChI=1S/C25H30N2O2/c1-7-29-19-12-20-16(4)14-25(5,6)27-23(20)21(13-19)22(24(27)28)26-18-10-8-17(9-11-18)15(2)3/h8-13,15-16H,7,14H2,1-6H3. The third-order valence-electron chi connectivity index (χ3n) is 6.05. The molecule has 1 atom stereocenters. The Morgan fingerprint density at radius 1 is 1.21 bits per heavy atom. The van der Waals surface area contributed by atoms with Crippen molar-refractivity contribution in [2.75, 3.05) is 11.5 Å². The van der Waals surface area contributed by atoms with E-state index in [-0.39, 0.29) is 11.4 Å². The van der Waals surface area contributed by atoms with E-state index < -0.39 is 0 Å². The lowest BCUT2D eigenvalue weighted by Gasteiger charge is -2.43. The number of hydrogen-bond donors (Lipinski definition) is 0. The van der Waals surface area contributed by atoms with Gasteiger partial charge in [0.25, 0.3) is 5.91 Å². The number of aliphatic imine (C=N–C) groups is 1. The molecule has 0 aromatic heterocycles. The van der Waals surface area contributed by atoms with Gasteiger partial charge in [-0.05, 0) is 74.4 Å². The molecule has 0 bridgehead atoms. The second kappa shape index (κ2) is 7.01. The van der Waals surface area contributed by atoms with Gasteiger partial charge in [0.2, 0.25) is 0 Å². The number of ether oxygens (including phenoxy) is 1. The van der Waals surface area contributed by atoms with E-state index in [4.69, 9.17) is 9.73 Å². The Labute approximate surface area is 173 Å². The molecule has 4 rings (SSSR count). The topological polar surface area (TPSA) is 41.9 Å². The molecule has 152 valence electrons. The van der Waals surface area contributed by atoms with Crippen molar-refractivity contribution >= 4 is 23.0 Å². The van der Waals surface area contributed by atoms with Crippen molar-refractivity contribution in [3.05, 3.63) is 53.1 Å². The summed E-state index contributed by atoms with van der Waals surface area (Å²) in [6.45, 7) is 13.4. The highest BCUT2D eigenvalue weighted by Gasteiger charge is 2.48. The predicted octanol–water partition coefficient (Wildman–Crippen LogP) is 5.96. The minimum Gasteiger partial charge on any atom is -0.494 e. The van der Waals surface area contributed by atoms with Crippen LogP contribution in [-0.4, -0.2) is 23.8 Å². The molecule has 1 unspecified atom stereocenters. The van der Waals surface area contributed by atoms with Gasteiger partial charge in [-0.2, -0.15) is 0 Å². The Kier molecular flexibility index (Phi) is 4.76. The van der Waals surface area contributed by atoms with Crippen molar-refractivity contribution in [1.29, 1.82) is 0 Å². The van der Waals surface area contributed by atoms with Crippen LogP contribution in [0.25, 0.3) is 0 Å². The lowest BCUT2D eigenvalue weighted by atomic mass is 9.80. The second-order valence-corrected chi connectivity index (χ2v) is 9.11. The fourth-order valence-corrected chi connectivity index (χ4v) is 4.71. The molecule has 2 aromatic carbocycles. The van der Waals surface area contributed by atoms with Gasteiger partial charge in [-0.1, -0.05) is 32.9 Å². The van der Waals surface area contributed by atoms with Gasteiger partial charge < -0.3 is 9.64 Å². The molecule has 4 heteroatoms. The summed E-state index contributed by atoms with van der Waals surface area (Å²) >= 11 is 0. The molecule has 2 aliphatic rings. The molecular formula is C25H30N2O2. The first kappa shape index (κ1) is 19.7. The van der Waals surface area contributed by atoms with Crippen molar-refractivity contribution in [3.8, 4) is 5.75 Å². The molecule has 0 saturated carbocycles. The third-order valence-corrected chi connectivity index (χ3v) is 6.05. The second-order valence-electron chi connectivity index (χ2n) is 9.11. The first-order chi connectivity index (χ1) is 13.7. The molecule has 2 heterocycles. The highest BCUT2D eigenvalue weighted by atomic mass is 16.5. The molecule has 1 amide bonds. The summed E-state index contributed by atoms with van der Waals surface area (Å²) < 4.78 is 5.82. The summed E-state index contributed by atoms with van der Waals surface area (Å²) in [5, 5.41) is 0. The number of hydrogen-bond acceptors (Lipinski definition) is 3. The van der Waals surface area contributed by atoms with Gasteiger partial charge in [-0.15, -0.1) is 0 Å². The Morgan fingerprint density at radius 2 is 1.90 bits per heavy atom. The highest BCUT2D eigenvalue weighted by Crippen LogP contribution is 2.50. The molecule has 2 aliphatic heterocycles. The minimum atomic E-state index is -0.246. The van der Waals surface area contributed by atoms with E-state index in [1.807, 2.05) is 30.0 Å². The van der Waals surface area contributed by atoms with E-state index in [0.29, 0.717) is 24.2 Å². The predicted molar refractivity (Wildman–Crippen MR) is 119 cm³/mol. The molecule has 0 radical (unpaired) electrons. The molecular weight excluding hydrogens is 360 g/mol. The van der Waals surface area contributed by atoms with Crippen LogP contribution in [0.1, 0.15) is 76.5 Å². The summed E-state index contributed by atoms with van der Waals surface area (Å²) in [5.41, 5.74) is 5.43. The number of carbonyl (C=O) groups excluding carboxylic acids is 1. The summed E-state index contributed by atoms with van der Waals surface area (Å²) in [4.78, 5) is 20.3. The lowest BCUT2D eigenvalue weighted by Crippen LogP contribution is -2.50. The van der Waals surface area contributed by atoms with E-state index in [2.05, 4.69) is 52.8 Å². The SMILES string of the molecule is CCOc1cc2c3c(c1)C(C)CC(C)(C)N3C(=O)C2=Nc1ccc(C(C)C)cc1. The van der Waals surface area contributed by atoms with Gasteiger partial charge in [0.05, 0.1) is 18.0 Å². The van der Waals surface area contributed by atoms with Gasteiger partial charge >= 0.3 is 0 Å². The van der Waals surface area contributed by atoms with E-state index >= 15 is 0 Å². The van der Waals surface area contributed by atoms with Gasteiger partial charge in [0, 0.05) is 11.1 Å². The largest absolute Gasteiger partial charge is 0.494 e. The molecule has 0 fully saturated rings. The zero-order valence-electron chi connectivity index (χ0n) is 18.2. The Morgan fingerprint density at radius 3 is 2.52 bits per heavy atom. The molecule has 2 aromatic rings. The fourth-order valence-electron chi connectivity index (χ4n) is 4.71. The van der Waals surface area contributed by atoms with E-state index in [1.165, 1.54) is 11.1 Å². The molecule has 0 spiro atoms. The van der Waals surface area contributed by atoms with Crippen molar-refractivity contribution in [2.24, 2.45) is 4.99 Å². The summed E-state index contributed by atoms with van der Waals surface area (Å²) in [5.74, 6) is 1.62. The van der Waals surface area contributed by atoms with Crippen LogP contribution in [0.15, 0.2) is 41.4 Å². The van der Waals surface area contributed by atoms with Crippen molar-refractivity contribution < 1.29 is 9.53 Å². The minimum absolute atomic E-state index is 0.0141. The lowest BCUT2D eigenvalue weighted by molar-refractivity contribution is -0.113. The fraction of sp³-hybridized carbons (Fsp3) is 0.440. The zero-order chi connectivity index (χ0) is 20.9. The van der Waals surface area contributed by atoms with Crippen LogP contribution in [0.3, 0.4) is 0 Å². The van der Waals surface area contributed by atoms with Crippen molar-refractivity contribution in [3.63, 3.8) is 0 Å². The van der Waals surface area contributed by atoms with Crippen LogP contribution in [0.5, 0.6) is 5.75 Å². The Hall–Kier alpha value is -2.62.